The summed E-state index contributed by atoms with van der Waals surface area (Å²) in [6.07, 6.45) is 0. The van der Waals surface area contributed by atoms with Gasteiger partial charge in [0, 0.05) is 0 Å². The number of thioether (sulfide) groups is 1. The van der Waals surface area contributed by atoms with Crippen molar-refractivity contribution in [3.8, 4) is 17.5 Å². The molecule has 2 heterocycles. The van der Waals surface area contributed by atoms with Crippen molar-refractivity contribution in [3.63, 3.8) is 0 Å². The summed E-state index contributed by atoms with van der Waals surface area (Å²) in [5, 5.41) is 25.8. The molecule has 8 nitrogen and oxygen atoms in total. The minimum absolute atomic E-state index is 0.233. The highest BCUT2D eigenvalue weighted by molar-refractivity contribution is 8.00. The topological polar surface area (TPSA) is 106 Å². The number of para-hydroxylation sites is 2. The summed E-state index contributed by atoms with van der Waals surface area (Å²) >= 11 is 2.52. The first kappa shape index (κ1) is 17.9. The van der Waals surface area contributed by atoms with Crippen molar-refractivity contribution in [2.75, 3.05) is 12.4 Å². The number of hydrogen-bond donors (Lipinski definition) is 1. The lowest BCUT2D eigenvalue weighted by Crippen LogP contribution is -2.22. The minimum Gasteiger partial charge on any atom is -0.494 e. The van der Waals surface area contributed by atoms with Crippen molar-refractivity contribution in [2.24, 2.45) is 0 Å². The molecule has 0 saturated carbocycles. The van der Waals surface area contributed by atoms with Gasteiger partial charge in [0.1, 0.15) is 22.5 Å². The van der Waals surface area contributed by atoms with Crippen LogP contribution in [0.25, 0.3) is 5.69 Å². The number of methoxy groups -OCH3 is 1. The normalized spacial score (nSPS) is 11.6. The first-order chi connectivity index (χ1) is 12.6. The molecule has 26 heavy (non-hydrogen) atoms. The van der Waals surface area contributed by atoms with Crippen LogP contribution in [0.5, 0.6) is 5.75 Å². The molecule has 0 bridgehead atoms. The van der Waals surface area contributed by atoms with E-state index in [1.807, 2.05) is 30.3 Å². The Hall–Kier alpha value is -2.90. The molecule has 0 aliphatic rings. The molecular weight excluding hydrogens is 372 g/mol. The van der Waals surface area contributed by atoms with E-state index in [1.54, 1.807) is 25.5 Å². The number of hydrogen-bond acceptors (Lipinski definition) is 8. The predicted octanol–water partition coefficient (Wildman–Crippen LogP) is 2.72. The van der Waals surface area contributed by atoms with Crippen LogP contribution in [0.3, 0.4) is 0 Å². The molecule has 0 radical (unpaired) electrons. The van der Waals surface area contributed by atoms with Crippen molar-refractivity contribution in [3.05, 3.63) is 41.3 Å². The van der Waals surface area contributed by atoms with Crippen LogP contribution in [0, 0.1) is 11.3 Å². The highest BCUT2D eigenvalue weighted by Crippen LogP contribution is 2.29. The molecular formula is C16H14N6O2S2. The molecule has 1 aromatic carbocycles. The fourth-order valence-corrected chi connectivity index (χ4v) is 3.67. The monoisotopic (exact) mass is 386 g/mol. The highest BCUT2D eigenvalue weighted by atomic mass is 32.2. The van der Waals surface area contributed by atoms with Gasteiger partial charge in [0.05, 0.1) is 17.9 Å². The van der Waals surface area contributed by atoms with E-state index in [2.05, 4.69) is 20.8 Å². The zero-order chi connectivity index (χ0) is 18.5. The maximum absolute atomic E-state index is 12.4. The van der Waals surface area contributed by atoms with E-state index < -0.39 is 5.25 Å². The lowest BCUT2D eigenvalue weighted by Gasteiger charge is -2.12. The second-order valence-corrected chi connectivity index (χ2v) is 7.29. The fourth-order valence-electron chi connectivity index (χ4n) is 2.13. The molecule has 1 atom stereocenters. The molecule has 0 saturated heterocycles. The number of carbonyl (C=O) groups excluding carboxylic acids is 1. The smallest absolute Gasteiger partial charge is 0.238 e. The third kappa shape index (κ3) is 3.68. The number of nitriles is 1. The van der Waals surface area contributed by atoms with Crippen LogP contribution in [0.4, 0.5) is 5.00 Å². The van der Waals surface area contributed by atoms with Gasteiger partial charge in [-0.1, -0.05) is 23.9 Å². The maximum Gasteiger partial charge on any atom is 0.238 e. The van der Waals surface area contributed by atoms with Crippen LogP contribution in [-0.2, 0) is 4.79 Å². The largest absolute Gasteiger partial charge is 0.494 e. The molecule has 3 aromatic rings. The number of benzene rings is 1. The molecule has 0 aliphatic carbocycles. The number of nitrogens with one attached hydrogen (secondary N) is 1. The Bertz CT molecular complexity index is 962. The molecule has 2 aromatic heterocycles. The van der Waals surface area contributed by atoms with Crippen molar-refractivity contribution >= 4 is 34.0 Å². The third-order valence-electron chi connectivity index (χ3n) is 3.43. The number of nitrogens with zero attached hydrogens (tertiary/aromatic N) is 5. The quantitative estimate of drug-likeness (QED) is 0.649. The zero-order valence-electron chi connectivity index (χ0n) is 13.9. The van der Waals surface area contributed by atoms with Crippen LogP contribution in [-0.4, -0.2) is 38.5 Å². The van der Waals surface area contributed by atoms with Crippen LogP contribution in [0.1, 0.15) is 12.5 Å². The minimum atomic E-state index is -0.469. The second-order valence-electron chi connectivity index (χ2n) is 5.07. The summed E-state index contributed by atoms with van der Waals surface area (Å²) in [5.74, 6) is 0.388. The average Bonchev–Trinajstić information content (AvgIpc) is 3.30. The van der Waals surface area contributed by atoms with Gasteiger partial charge in [-0.05, 0) is 40.9 Å². The second kappa shape index (κ2) is 7.99. The molecule has 0 spiro atoms. The van der Waals surface area contributed by atoms with Crippen LogP contribution in [0.2, 0.25) is 0 Å². The zero-order valence-corrected chi connectivity index (χ0v) is 15.5. The van der Waals surface area contributed by atoms with Gasteiger partial charge in [-0.15, -0.1) is 16.4 Å². The number of rotatable bonds is 6. The number of anilines is 1. The van der Waals surface area contributed by atoms with E-state index in [1.165, 1.54) is 27.8 Å². The Morgan fingerprint density at radius 1 is 1.42 bits per heavy atom. The van der Waals surface area contributed by atoms with E-state index in [0.717, 1.165) is 0 Å². The van der Waals surface area contributed by atoms with Gasteiger partial charge < -0.3 is 10.1 Å². The molecule has 132 valence electrons. The molecule has 10 heteroatoms. The summed E-state index contributed by atoms with van der Waals surface area (Å²) in [7, 11) is 1.57. The number of thiophene rings is 1. The number of amides is 1. The molecule has 1 N–H and O–H groups in total. The molecule has 1 unspecified atom stereocenters. The predicted molar refractivity (Wildman–Crippen MR) is 98.7 cm³/mol. The van der Waals surface area contributed by atoms with E-state index in [0.29, 0.717) is 27.2 Å². The maximum atomic E-state index is 12.4. The summed E-state index contributed by atoms with van der Waals surface area (Å²) in [6.45, 7) is 1.75. The van der Waals surface area contributed by atoms with Gasteiger partial charge >= 0.3 is 0 Å². The number of aromatic nitrogens is 4. The highest BCUT2D eigenvalue weighted by Gasteiger charge is 2.21. The molecule has 3 rings (SSSR count). The Balaban J connectivity index is 1.77. The van der Waals surface area contributed by atoms with Crippen LogP contribution in [0.15, 0.2) is 40.9 Å². The van der Waals surface area contributed by atoms with Crippen molar-refractivity contribution in [1.82, 2.24) is 20.2 Å². The molecule has 0 fully saturated rings. The SMILES string of the molecule is COc1ccccc1-n1nnnc1SC(C)C(=O)Nc1sccc1C#N. The standard InChI is InChI=1S/C16H14N6O2S2/c1-10(14(23)18-15-11(9-17)7-8-25-15)26-16-19-20-21-22(16)12-5-3-4-6-13(12)24-2/h3-8,10H,1-2H3,(H,18,23). The Morgan fingerprint density at radius 2 is 2.23 bits per heavy atom. The first-order valence-electron chi connectivity index (χ1n) is 7.51. The van der Waals surface area contributed by atoms with E-state index >= 15 is 0 Å². The van der Waals surface area contributed by atoms with Gasteiger partial charge in [0.2, 0.25) is 11.1 Å². The van der Waals surface area contributed by atoms with E-state index in [4.69, 9.17) is 10.00 Å². The first-order valence-corrected chi connectivity index (χ1v) is 9.27. The third-order valence-corrected chi connectivity index (χ3v) is 5.29. The van der Waals surface area contributed by atoms with E-state index in [9.17, 15) is 4.79 Å². The summed E-state index contributed by atoms with van der Waals surface area (Å²) < 4.78 is 6.86. The Morgan fingerprint density at radius 3 is 3.00 bits per heavy atom. The van der Waals surface area contributed by atoms with Crippen LogP contribution >= 0.6 is 23.1 Å². The lowest BCUT2D eigenvalue weighted by molar-refractivity contribution is -0.115. The summed E-state index contributed by atoms with van der Waals surface area (Å²) in [4.78, 5) is 12.4. The lowest BCUT2D eigenvalue weighted by atomic mass is 10.3. The Kier molecular flexibility index (Phi) is 5.50. The Labute approximate surface area is 157 Å². The number of carbonyl (C=O) groups is 1. The van der Waals surface area contributed by atoms with Gasteiger partial charge in [-0.3, -0.25) is 4.79 Å². The van der Waals surface area contributed by atoms with E-state index in [-0.39, 0.29) is 5.91 Å². The number of tetrazole rings is 1. The van der Waals surface area contributed by atoms with Gasteiger partial charge in [-0.2, -0.15) is 9.94 Å². The van der Waals surface area contributed by atoms with Crippen molar-refractivity contribution in [1.29, 1.82) is 5.26 Å². The van der Waals surface area contributed by atoms with Gasteiger partial charge in [0.25, 0.3) is 0 Å². The van der Waals surface area contributed by atoms with Crippen LogP contribution < -0.4 is 10.1 Å². The molecule has 0 aliphatic heterocycles. The van der Waals surface area contributed by atoms with Crippen molar-refractivity contribution in [2.45, 2.75) is 17.3 Å². The van der Waals surface area contributed by atoms with Gasteiger partial charge in [0.15, 0.2) is 0 Å². The average molecular weight is 386 g/mol. The molecule has 1 amide bonds. The summed E-state index contributed by atoms with van der Waals surface area (Å²) in [5.41, 5.74) is 1.12. The van der Waals surface area contributed by atoms with Crippen molar-refractivity contribution < 1.29 is 9.53 Å². The fraction of sp³-hybridized carbons (Fsp3) is 0.188. The van der Waals surface area contributed by atoms with Gasteiger partial charge in [-0.25, -0.2) is 0 Å². The summed E-state index contributed by atoms with van der Waals surface area (Å²) in [6, 6.07) is 11.1. The number of ether oxygens (including phenoxy) is 1.